The average molecular weight is 470 g/mol. The Bertz CT molecular complexity index is 1230. The van der Waals surface area contributed by atoms with Gasteiger partial charge in [-0.15, -0.1) is 0 Å². The lowest BCUT2D eigenvalue weighted by Crippen LogP contribution is -2.42. The fraction of sp³-hybridized carbons (Fsp3) is 0.542. The third kappa shape index (κ3) is 3.86. The van der Waals surface area contributed by atoms with Gasteiger partial charge in [-0.1, -0.05) is 6.92 Å². The lowest BCUT2D eigenvalue weighted by Gasteiger charge is -2.34. The molecule has 1 saturated heterocycles. The van der Waals surface area contributed by atoms with Gasteiger partial charge in [-0.2, -0.15) is 5.10 Å². The van der Waals surface area contributed by atoms with E-state index in [1.807, 2.05) is 30.1 Å². The van der Waals surface area contributed by atoms with E-state index in [4.69, 9.17) is 9.72 Å². The summed E-state index contributed by atoms with van der Waals surface area (Å²) in [7, 11) is 0.632. The molecule has 4 heterocycles. The first-order chi connectivity index (χ1) is 15.9. The number of benzene rings is 1. The molecule has 4 unspecified atom stereocenters. The number of imidazole rings is 1. The first-order valence-corrected chi connectivity index (χ1v) is 13.1. The molecule has 176 valence electrons. The predicted molar refractivity (Wildman–Crippen MR) is 129 cm³/mol. The summed E-state index contributed by atoms with van der Waals surface area (Å²) in [6.07, 6.45) is 6.19. The molecule has 0 aliphatic carbocycles. The van der Waals surface area contributed by atoms with E-state index in [1.165, 1.54) is 7.11 Å². The van der Waals surface area contributed by atoms with Crippen LogP contribution in [0.5, 0.6) is 0 Å². The van der Waals surface area contributed by atoms with Crippen LogP contribution in [0.3, 0.4) is 0 Å². The molecule has 8 nitrogen and oxygen atoms in total. The van der Waals surface area contributed by atoms with E-state index in [1.54, 1.807) is 4.90 Å². The van der Waals surface area contributed by atoms with E-state index < -0.39 is 10.8 Å². The average Bonchev–Trinajstić information content (AvgIpc) is 3.50. The zero-order valence-electron chi connectivity index (χ0n) is 19.7. The van der Waals surface area contributed by atoms with Crippen molar-refractivity contribution in [3.63, 3.8) is 0 Å². The zero-order chi connectivity index (χ0) is 23.3. The van der Waals surface area contributed by atoms with Gasteiger partial charge < -0.3 is 9.30 Å². The minimum atomic E-state index is -0.792. The van der Waals surface area contributed by atoms with Gasteiger partial charge in [-0.05, 0) is 50.8 Å². The number of anilines is 1. The summed E-state index contributed by atoms with van der Waals surface area (Å²) in [5.41, 5.74) is 5.12. The molecule has 1 aromatic carbocycles. The molecule has 9 heteroatoms. The smallest absolute Gasteiger partial charge is 0.414 e. The second-order valence-corrected chi connectivity index (χ2v) is 11.0. The van der Waals surface area contributed by atoms with Gasteiger partial charge in [0.25, 0.3) is 0 Å². The largest absolute Gasteiger partial charge is 0.452 e. The highest BCUT2D eigenvalue weighted by Crippen LogP contribution is 2.39. The number of nitrogens with zero attached hydrogens (tertiary/aromatic N) is 5. The van der Waals surface area contributed by atoms with Crippen LogP contribution in [-0.4, -0.2) is 54.3 Å². The fourth-order valence-electron chi connectivity index (χ4n) is 5.31. The van der Waals surface area contributed by atoms with Crippen molar-refractivity contribution in [2.75, 3.05) is 23.5 Å². The number of aryl methyl sites for hydroxylation is 2. The van der Waals surface area contributed by atoms with Gasteiger partial charge in [-0.25, -0.2) is 9.78 Å². The highest BCUT2D eigenvalue weighted by Gasteiger charge is 2.34. The molecular formula is C24H31N5O3S. The molecule has 3 aromatic rings. The number of methoxy groups -OCH3 is 1. The van der Waals surface area contributed by atoms with Crippen molar-refractivity contribution in [2.24, 2.45) is 0 Å². The summed E-state index contributed by atoms with van der Waals surface area (Å²) in [4.78, 5) is 19.5. The molecule has 1 amide bonds. The predicted octanol–water partition coefficient (Wildman–Crippen LogP) is 3.95. The highest BCUT2D eigenvalue weighted by molar-refractivity contribution is 7.85. The molecule has 0 N–H and O–H groups in total. The second kappa shape index (κ2) is 8.59. The van der Waals surface area contributed by atoms with E-state index in [0.717, 1.165) is 65.2 Å². The van der Waals surface area contributed by atoms with Crippen LogP contribution < -0.4 is 4.90 Å². The van der Waals surface area contributed by atoms with Crippen LogP contribution in [0.25, 0.3) is 11.0 Å². The fourth-order valence-corrected chi connectivity index (χ4v) is 6.75. The molecule has 0 spiro atoms. The third-order valence-corrected chi connectivity index (χ3v) is 8.39. The standard InChI is InChI=1S/C24H31N5O3S/c1-15-11-25-27(12-15)13-16(2)23-26-22-19-6-5-17(3)28(24(30)32-4)20(19)7-8-21(22)29(23)18-9-10-33(31)14-18/h7-8,11-12,16-18H,5-6,9-10,13-14H2,1-4H3. The lowest BCUT2D eigenvalue weighted by molar-refractivity contribution is 0.175. The van der Waals surface area contributed by atoms with Crippen LogP contribution in [0.2, 0.25) is 0 Å². The van der Waals surface area contributed by atoms with Crippen molar-refractivity contribution in [1.29, 1.82) is 0 Å². The van der Waals surface area contributed by atoms with Crippen LogP contribution in [0.15, 0.2) is 24.5 Å². The number of hydrogen-bond donors (Lipinski definition) is 0. The van der Waals surface area contributed by atoms with Crippen molar-refractivity contribution in [1.82, 2.24) is 19.3 Å². The molecule has 0 saturated carbocycles. The Kier molecular flexibility index (Phi) is 5.76. The SMILES string of the molecule is COC(=O)N1c2ccc3c(nc(C(C)Cn4cc(C)cn4)n3C3CCS(=O)C3)c2CCC1C. The number of aromatic nitrogens is 4. The summed E-state index contributed by atoms with van der Waals surface area (Å²) >= 11 is 0. The van der Waals surface area contributed by atoms with Crippen molar-refractivity contribution >= 4 is 33.6 Å². The Hall–Kier alpha value is -2.68. The monoisotopic (exact) mass is 469 g/mol. The van der Waals surface area contributed by atoms with E-state index in [9.17, 15) is 9.00 Å². The van der Waals surface area contributed by atoms with Crippen LogP contribution in [0, 0.1) is 6.92 Å². The first-order valence-electron chi connectivity index (χ1n) is 11.6. The van der Waals surface area contributed by atoms with Gasteiger partial charge in [0.15, 0.2) is 0 Å². The molecular weight excluding hydrogens is 438 g/mol. The lowest BCUT2D eigenvalue weighted by atomic mass is 9.95. The number of amides is 1. The van der Waals surface area contributed by atoms with E-state index in [2.05, 4.69) is 29.6 Å². The highest BCUT2D eigenvalue weighted by atomic mass is 32.2. The van der Waals surface area contributed by atoms with E-state index in [-0.39, 0.29) is 24.1 Å². The molecule has 4 atom stereocenters. The minimum absolute atomic E-state index is 0.0724. The molecule has 33 heavy (non-hydrogen) atoms. The number of ether oxygens (including phenoxy) is 1. The molecule has 0 radical (unpaired) electrons. The van der Waals surface area contributed by atoms with Crippen LogP contribution in [0.4, 0.5) is 10.5 Å². The maximum Gasteiger partial charge on any atom is 0.414 e. The Morgan fingerprint density at radius 1 is 1.33 bits per heavy atom. The summed E-state index contributed by atoms with van der Waals surface area (Å²) in [5, 5.41) is 4.46. The van der Waals surface area contributed by atoms with Crippen LogP contribution in [-0.2, 0) is 28.5 Å². The first kappa shape index (κ1) is 22.1. The Labute approximate surface area is 196 Å². The zero-order valence-corrected chi connectivity index (χ0v) is 20.5. The van der Waals surface area contributed by atoms with Crippen molar-refractivity contribution in [3.05, 3.63) is 41.5 Å². The van der Waals surface area contributed by atoms with Crippen LogP contribution in [0.1, 0.15) is 55.6 Å². The molecule has 5 rings (SSSR count). The van der Waals surface area contributed by atoms with E-state index in [0.29, 0.717) is 5.75 Å². The molecule has 1 fully saturated rings. The number of carbonyl (C=O) groups excluding carboxylic acids is 1. The van der Waals surface area contributed by atoms with Gasteiger partial charge in [-0.3, -0.25) is 13.8 Å². The summed E-state index contributed by atoms with van der Waals surface area (Å²) in [6.45, 7) is 6.99. The molecule has 2 aliphatic rings. The van der Waals surface area contributed by atoms with Crippen molar-refractivity contribution in [2.45, 2.75) is 64.6 Å². The van der Waals surface area contributed by atoms with Crippen molar-refractivity contribution < 1.29 is 13.7 Å². The normalized spacial score (nSPS) is 23.6. The maximum absolute atomic E-state index is 12.5. The molecule has 2 aromatic heterocycles. The Morgan fingerprint density at radius 3 is 2.82 bits per heavy atom. The summed E-state index contributed by atoms with van der Waals surface area (Å²) in [6, 6.07) is 4.35. The second-order valence-electron chi connectivity index (χ2n) is 9.39. The van der Waals surface area contributed by atoms with Gasteiger partial charge in [0, 0.05) is 52.1 Å². The van der Waals surface area contributed by atoms with Gasteiger partial charge >= 0.3 is 6.09 Å². The van der Waals surface area contributed by atoms with Crippen LogP contribution >= 0.6 is 0 Å². The van der Waals surface area contributed by atoms with Gasteiger partial charge in [0.05, 0.1) is 36.6 Å². The summed E-state index contributed by atoms with van der Waals surface area (Å²) < 4.78 is 21.6. The summed E-state index contributed by atoms with van der Waals surface area (Å²) in [5.74, 6) is 2.52. The molecule has 2 aliphatic heterocycles. The number of rotatable bonds is 4. The number of hydrogen-bond acceptors (Lipinski definition) is 5. The van der Waals surface area contributed by atoms with E-state index >= 15 is 0 Å². The third-order valence-electron chi connectivity index (χ3n) is 6.94. The Morgan fingerprint density at radius 2 is 2.15 bits per heavy atom. The van der Waals surface area contributed by atoms with Crippen molar-refractivity contribution in [3.8, 4) is 0 Å². The minimum Gasteiger partial charge on any atom is -0.452 e. The maximum atomic E-state index is 12.5. The Balaban J connectivity index is 1.64. The number of fused-ring (bicyclic) bond motifs is 3. The van der Waals surface area contributed by atoms with Gasteiger partial charge in [0.1, 0.15) is 5.82 Å². The molecule has 0 bridgehead atoms. The quantitative estimate of drug-likeness (QED) is 0.578. The topological polar surface area (TPSA) is 82.2 Å². The number of carbonyl (C=O) groups is 1. The van der Waals surface area contributed by atoms with Gasteiger partial charge in [0.2, 0.25) is 0 Å².